The molecule has 1 aliphatic heterocycles. The second-order valence-corrected chi connectivity index (χ2v) is 26.7. The average molecular weight is 943 g/mol. The molecule has 12 rings (SSSR count). The third kappa shape index (κ3) is 7.82. The number of hydrogen-bond donors (Lipinski definition) is 0. The summed E-state index contributed by atoms with van der Waals surface area (Å²) < 4.78 is 29.4. The van der Waals surface area contributed by atoms with Crippen molar-refractivity contribution in [2.45, 2.75) is 72.7 Å². The summed E-state index contributed by atoms with van der Waals surface area (Å²) in [5, 5.41) is 10.9. The van der Waals surface area contributed by atoms with Crippen LogP contribution in [0.1, 0.15) is 48.5 Å². The van der Waals surface area contributed by atoms with Crippen molar-refractivity contribution < 1.29 is 7.48 Å². The van der Waals surface area contributed by atoms with Crippen molar-refractivity contribution in [3.63, 3.8) is 0 Å². The van der Waals surface area contributed by atoms with Gasteiger partial charge in [-0.3, -0.25) is 4.57 Å². The zero-order valence-electron chi connectivity index (χ0n) is 43.9. The first kappa shape index (κ1) is 42.2. The van der Waals surface area contributed by atoms with Crippen LogP contribution in [0, 0.1) is 5.92 Å². The maximum Gasteiger partial charge on any atom is 0.137 e. The summed E-state index contributed by atoms with van der Waals surface area (Å²) in [4.78, 5) is 7.26. The predicted octanol–water partition coefficient (Wildman–Crippen LogP) is 17.3. The molecular weight excluding hydrogens is 881 g/mol. The van der Waals surface area contributed by atoms with E-state index in [1.165, 1.54) is 65.2 Å². The molecule has 0 radical (unpaired) electrons. The van der Waals surface area contributed by atoms with Crippen molar-refractivity contribution in [3.8, 4) is 28.4 Å². The van der Waals surface area contributed by atoms with Gasteiger partial charge in [-0.2, -0.15) is 0 Å². The SMILES string of the molecule is [2H]C([2H])(c1ccnc(-n2c3ccccc3c3ccc(Oc4cccc(N5Cn6c7c(-c8cc(C(C)(C)C)cc([Si](C)(C)C)c8)cccc7c7ccccc7c7ccccc7c7cccc5c76)c4)cc32)c1)C(C)C. The largest absolute Gasteiger partial charge is 0.457 e. The van der Waals surface area contributed by atoms with Crippen LogP contribution < -0.4 is 14.8 Å². The van der Waals surface area contributed by atoms with Crippen LogP contribution in [-0.4, -0.2) is 22.2 Å². The van der Waals surface area contributed by atoms with E-state index >= 15 is 0 Å². The van der Waals surface area contributed by atoms with E-state index in [1.54, 1.807) is 12.3 Å². The van der Waals surface area contributed by atoms with Crippen LogP contribution in [-0.2, 0) is 18.5 Å². The first-order chi connectivity index (χ1) is 35.0. The smallest absolute Gasteiger partial charge is 0.137 e. The first-order valence-corrected chi connectivity index (χ1v) is 28.5. The highest BCUT2D eigenvalue weighted by Crippen LogP contribution is 2.45. The molecule has 5 nitrogen and oxygen atoms in total. The minimum absolute atomic E-state index is 0.0316. The van der Waals surface area contributed by atoms with Crippen molar-refractivity contribution >= 4 is 89.8 Å². The fourth-order valence-corrected chi connectivity index (χ4v) is 12.0. The van der Waals surface area contributed by atoms with E-state index in [0.29, 0.717) is 23.8 Å². The highest BCUT2D eigenvalue weighted by Gasteiger charge is 2.28. The minimum atomic E-state index is -1.73. The number of rotatable bonds is 8. The highest BCUT2D eigenvalue weighted by atomic mass is 28.3. The van der Waals surface area contributed by atoms with Crippen molar-refractivity contribution in [1.82, 2.24) is 14.1 Å². The first-order valence-electron chi connectivity index (χ1n) is 26.0. The number of pyridine rings is 1. The zero-order chi connectivity index (χ0) is 50.6. The Morgan fingerprint density at radius 3 is 1.92 bits per heavy atom. The molecule has 350 valence electrons. The van der Waals surface area contributed by atoms with Gasteiger partial charge in [-0.1, -0.05) is 181 Å². The van der Waals surface area contributed by atoms with Crippen LogP contribution in [0.4, 0.5) is 11.4 Å². The lowest BCUT2D eigenvalue weighted by molar-refractivity contribution is 0.483. The maximum atomic E-state index is 8.90. The van der Waals surface area contributed by atoms with Gasteiger partial charge in [-0.05, 0) is 104 Å². The Kier molecular flexibility index (Phi) is 10.1. The minimum Gasteiger partial charge on any atom is -0.457 e. The normalized spacial score (nSPS) is 13.5. The second kappa shape index (κ2) is 17.0. The third-order valence-corrected chi connectivity index (χ3v) is 16.3. The monoisotopic (exact) mass is 942 g/mol. The number of hydrogen-bond acceptors (Lipinski definition) is 3. The predicted molar refractivity (Wildman–Crippen MR) is 305 cm³/mol. The molecular formula is C65H60N4OSi. The Morgan fingerprint density at radius 2 is 1.21 bits per heavy atom. The van der Waals surface area contributed by atoms with Crippen molar-refractivity contribution in [3.05, 3.63) is 199 Å². The average Bonchev–Trinajstić information content (AvgIpc) is 3.95. The molecule has 1 aliphatic rings. The molecule has 3 aromatic heterocycles. The van der Waals surface area contributed by atoms with Crippen LogP contribution >= 0.6 is 0 Å². The topological polar surface area (TPSA) is 35.2 Å². The molecule has 0 amide bonds. The van der Waals surface area contributed by atoms with E-state index in [4.69, 9.17) is 12.5 Å². The molecule has 0 aliphatic carbocycles. The molecule has 0 saturated carbocycles. The van der Waals surface area contributed by atoms with Crippen molar-refractivity contribution in [1.29, 1.82) is 0 Å². The number of fused-ring (bicyclic) bond motifs is 10. The lowest BCUT2D eigenvalue weighted by Crippen LogP contribution is -2.38. The highest BCUT2D eigenvalue weighted by molar-refractivity contribution is 6.88. The van der Waals surface area contributed by atoms with Crippen molar-refractivity contribution in [2.24, 2.45) is 5.92 Å². The fraction of sp³-hybridized carbons (Fsp3) is 0.185. The number of aromatic nitrogens is 3. The van der Waals surface area contributed by atoms with Gasteiger partial charge in [0.2, 0.25) is 0 Å². The van der Waals surface area contributed by atoms with E-state index in [2.05, 4.69) is 206 Å². The summed E-state index contributed by atoms with van der Waals surface area (Å²) in [6, 6.07) is 65.7. The van der Waals surface area contributed by atoms with E-state index in [1.807, 2.05) is 38.1 Å². The van der Waals surface area contributed by atoms with Gasteiger partial charge in [-0.15, -0.1) is 0 Å². The fourth-order valence-electron chi connectivity index (χ4n) is 10.9. The standard InChI is InChI=1S/C65H60N4OSi/c1-42(2)34-43-32-33-66-62(35-43)69-59-28-14-13-24-55(59)56-31-30-48(40-61(56)69)70-47-19-15-18-46(39-47)67-41-68-63-50(44-36-45(65(3,4)5)38-49(37-44)71(6,7)8)25-16-26-57(63)53-22-11-9-20-51(53)52-21-10-12-23-54(52)58-27-17-29-60(67)64(58)68/h9-33,35-40,42H,34,41H2,1-8H3/i34D2. The summed E-state index contributed by atoms with van der Waals surface area (Å²) in [5.41, 5.74) is 10.9. The summed E-state index contributed by atoms with van der Waals surface area (Å²) in [6.07, 6.45) is 0.201. The molecule has 0 fully saturated rings. The molecule has 0 bridgehead atoms. The summed E-state index contributed by atoms with van der Waals surface area (Å²) in [6.45, 7) is 18.8. The van der Waals surface area contributed by atoms with Gasteiger partial charge in [0.25, 0.3) is 0 Å². The van der Waals surface area contributed by atoms with Crippen LogP contribution in [0.5, 0.6) is 11.5 Å². The number of para-hydroxylation sites is 3. The van der Waals surface area contributed by atoms with Gasteiger partial charge in [0.05, 0.1) is 35.8 Å². The van der Waals surface area contributed by atoms with Crippen molar-refractivity contribution in [2.75, 3.05) is 4.90 Å². The van der Waals surface area contributed by atoms with E-state index in [9.17, 15) is 0 Å². The Morgan fingerprint density at radius 1 is 0.592 bits per heavy atom. The Labute approximate surface area is 420 Å². The molecule has 0 saturated heterocycles. The number of anilines is 2. The summed E-state index contributed by atoms with van der Waals surface area (Å²) in [5.74, 6) is 1.88. The maximum absolute atomic E-state index is 8.90. The number of ether oxygens (including phenoxy) is 1. The van der Waals surface area contributed by atoms with E-state index < -0.39 is 14.4 Å². The molecule has 6 heteroatoms. The second-order valence-electron chi connectivity index (χ2n) is 21.6. The molecule has 0 N–H and O–H groups in total. The zero-order valence-corrected chi connectivity index (χ0v) is 42.9. The van der Waals surface area contributed by atoms with Gasteiger partial charge < -0.3 is 14.2 Å². The van der Waals surface area contributed by atoms with Crippen LogP contribution in [0.2, 0.25) is 19.6 Å². The van der Waals surface area contributed by atoms with E-state index in [0.717, 1.165) is 38.9 Å². The number of nitrogens with zero attached hydrogens (tertiary/aromatic N) is 4. The lowest BCUT2D eigenvalue weighted by atomic mass is 9.85. The van der Waals surface area contributed by atoms with E-state index in [-0.39, 0.29) is 11.3 Å². The number of benzene rings is 8. The molecule has 0 atom stereocenters. The van der Waals surface area contributed by atoms with Gasteiger partial charge >= 0.3 is 0 Å². The molecule has 0 spiro atoms. The molecule has 11 aromatic rings. The van der Waals surface area contributed by atoms with Gasteiger partial charge in [0.1, 0.15) is 24.0 Å². The Bertz CT molecular complexity index is 4070. The molecule has 71 heavy (non-hydrogen) atoms. The van der Waals surface area contributed by atoms with Crippen LogP contribution in [0.15, 0.2) is 188 Å². The van der Waals surface area contributed by atoms with Gasteiger partial charge in [0.15, 0.2) is 0 Å². The Balaban J connectivity index is 1.04. The summed E-state index contributed by atoms with van der Waals surface area (Å²) in [7, 11) is -1.73. The van der Waals surface area contributed by atoms with Crippen LogP contribution in [0.3, 0.4) is 0 Å². The molecule has 8 aromatic carbocycles. The molecule has 4 heterocycles. The Hall–Kier alpha value is -7.67. The van der Waals surface area contributed by atoms with Crippen LogP contribution in [0.25, 0.3) is 82.1 Å². The lowest BCUT2D eigenvalue weighted by Gasteiger charge is -2.26. The van der Waals surface area contributed by atoms with Gasteiger partial charge in [-0.25, -0.2) is 4.98 Å². The molecule has 0 unspecified atom stereocenters. The van der Waals surface area contributed by atoms with Gasteiger partial charge in [0, 0.05) is 53.9 Å². The summed E-state index contributed by atoms with van der Waals surface area (Å²) >= 11 is 0. The quantitative estimate of drug-likeness (QED) is 0.142. The third-order valence-electron chi connectivity index (χ3n) is 14.3.